The first kappa shape index (κ1) is 4.96. The Balaban J connectivity index is 2.40. The van der Waals surface area contributed by atoms with Crippen molar-refractivity contribution in [1.29, 1.82) is 0 Å². The summed E-state index contributed by atoms with van der Waals surface area (Å²) in [4.78, 5) is 0. The molecular formula is C2H5B2O. The van der Waals surface area contributed by atoms with Crippen molar-refractivity contribution in [3.63, 3.8) is 0 Å². The van der Waals surface area contributed by atoms with Crippen LogP contribution in [0.1, 0.15) is 0 Å². The van der Waals surface area contributed by atoms with Crippen LogP contribution in [0.25, 0.3) is 0 Å². The zero-order valence-electron chi connectivity index (χ0n) is 3.27. The molecule has 0 aromatic rings. The third kappa shape index (κ3) is 3.96. The van der Waals surface area contributed by atoms with E-state index in [1.165, 1.54) is 7.37 Å². The maximum atomic E-state index is 4.45. The summed E-state index contributed by atoms with van der Waals surface area (Å²) in [5, 5.41) is 0. The van der Waals surface area contributed by atoms with Gasteiger partial charge in [0.05, 0.1) is 0 Å². The Morgan fingerprint density at radius 1 is 1.80 bits per heavy atom. The molecular weight excluding hydrogens is 61.6 g/mol. The fourth-order valence-corrected chi connectivity index (χ4v) is 0.0962. The van der Waals surface area contributed by atoms with Gasteiger partial charge >= 0.3 is 32.4 Å². The molecule has 0 aliphatic carbocycles. The second-order valence-corrected chi connectivity index (χ2v) is 0.607. The van der Waals surface area contributed by atoms with Gasteiger partial charge < -0.3 is 0 Å². The van der Waals surface area contributed by atoms with E-state index >= 15 is 0 Å². The Morgan fingerprint density at radius 2 is 2.40 bits per heavy atom. The van der Waals surface area contributed by atoms with Crippen LogP contribution in [0.4, 0.5) is 0 Å². The third-order valence-corrected chi connectivity index (χ3v) is 0.232. The summed E-state index contributed by atoms with van der Waals surface area (Å²) in [7, 11) is 3.10. The summed E-state index contributed by atoms with van der Waals surface area (Å²) < 4.78 is 4.45. The minimum absolute atomic E-state index is 1.51. The summed E-state index contributed by atoms with van der Waals surface area (Å²) in [5.74, 6) is 0. The molecule has 0 aromatic carbocycles. The van der Waals surface area contributed by atoms with E-state index in [1.807, 2.05) is 0 Å². The van der Waals surface area contributed by atoms with Gasteiger partial charge in [-0.05, 0) is 0 Å². The molecule has 0 unspecified atom stereocenters. The van der Waals surface area contributed by atoms with Crippen molar-refractivity contribution >= 4 is 20.7 Å². The van der Waals surface area contributed by atoms with Crippen LogP contribution in [0.5, 0.6) is 0 Å². The van der Waals surface area contributed by atoms with E-state index < -0.39 is 0 Å². The molecule has 0 amide bonds. The minimum atomic E-state index is 1.51. The van der Waals surface area contributed by atoms with Crippen molar-refractivity contribution in [3.8, 4) is 0 Å². The van der Waals surface area contributed by atoms with E-state index in [-0.39, 0.29) is 0 Å². The van der Waals surface area contributed by atoms with Gasteiger partial charge in [0.2, 0.25) is 0 Å². The Morgan fingerprint density at radius 3 is 2.40 bits per heavy atom. The molecule has 0 bridgehead atoms. The molecule has 0 saturated heterocycles. The van der Waals surface area contributed by atoms with Gasteiger partial charge in [-0.25, -0.2) is 0 Å². The van der Waals surface area contributed by atoms with Gasteiger partial charge in [-0.15, -0.1) is 0 Å². The molecule has 0 N–H and O–H groups in total. The van der Waals surface area contributed by atoms with Crippen LogP contribution in [0.15, 0.2) is 0 Å². The molecule has 0 saturated carbocycles. The Hall–Kier alpha value is -0.0401. The van der Waals surface area contributed by atoms with Crippen LogP contribution in [0.2, 0.25) is 0 Å². The molecule has 1 radical (unpaired) electrons. The van der Waals surface area contributed by atoms with Gasteiger partial charge in [0.15, 0.2) is 0 Å². The van der Waals surface area contributed by atoms with E-state index in [0.717, 1.165) is 0 Å². The summed E-state index contributed by atoms with van der Waals surface area (Å²) in [6.45, 7) is 4.95. The number of hydrogen-bond acceptors (Lipinski definition) is 1. The quantitative estimate of drug-likeness (QED) is 0.388. The van der Waals surface area contributed by atoms with E-state index in [4.69, 9.17) is 0 Å². The first-order valence-electron chi connectivity index (χ1n) is 1.39. The van der Waals surface area contributed by atoms with Crippen molar-refractivity contribution < 1.29 is 4.65 Å². The average Bonchev–Trinajstić information content (AvgIpc) is 1.41. The molecule has 0 fully saturated rings. The molecule has 0 aliphatic rings. The van der Waals surface area contributed by atoms with Gasteiger partial charge in [0.25, 0.3) is 0 Å². The molecule has 25 valence electrons. The maximum absolute atomic E-state index is 4.45. The van der Waals surface area contributed by atoms with Crippen LogP contribution in [-0.4, -0.2) is 27.8 Å². The Kier molecular flexibility index (Phi) is 3.93. The van der Waals surface area contributed by atoms with Crippen LogP contribution >= 0.6 is 0 Å². The molecule has 0 aliphatic heterocycles. The van der Waals surface area contributed by atoms with Crippen molar-refractivity contribution in [2.75, 3.05) is 7.11 Å². The zero-order valence-corrected chi connectivity index (χ0v) is 3.27. The van der Waals surface area contributed by atoms with Gasteiger partial charge in [-0.2, -0.15) is 0 Å². The van der Waals surface area contributed by atoms with Crippen LogP contribution < -0.4 is 0 Å². The molecule has 3 heteroatoms. The normalized spacial score (nSPS) is 5.80. The summed E-state index contributed by atoms with van der Waals surface area (Å²) in [6.07, 6.45) is 0. The summed E-state index contributed by atoms with van der Waals surface area (Å²) >= 11 is 0. The van der Waals surface area contributed by atoms with Gasteiger partial charge in [0.1, 0.15) is 0 Å². The molecule has 1 nitrogen and oxygen atoms in total. The molecule has 5 heavy (non-hydrogen) atoms. The van der Waals surface area contributed by atoms with Gasteiger partial charge in [0, 0.05) is 0 Å². The van der Waals surface area contributed by atoms with Gasteiger partial charge in [-0.3, -0.25) is 0 Å². The molecule has 0 rings (SSSR count). The Bertz CT molecular complexity index is 28.8. The van der Waals surface area contributed by atoms with Crippen LogP contribution in [-0.2, 0) is 4.65 Å². The number of hydrogen-bond donors (Lipinski definition) is 0. The van der Waals surface area contributed by atoms with E-state index in [1.54, 1.807) is 13.9 Å². The van der Waals surface area contributed by atoms with E-state index in [0.29, 0.717) is 0 Å². The SMILES string of the molecule is C=B[B]OC. The fraction of sp³-hybridized carbons (Fsp3) is 0.500. The van der Waals surface area contributed by atoms with Crippen molar-refractivity contribution in [2.45, 2.75) is 0 Å². The van der Waals surface area contributed by atoms with Crippen molar-refractivity contribution in [3.05, 3.63) is 0 Å². The topological polar surface area (TPSA) is 9.23 Å². The van der Waals surface area contributed by atoms with Crippen molar-refractivity contribution in [2.24, 2.45) is 0 Å². The zero-order chi connectivity index (χ0) is 4.12. The summed E-state index contributed by atoms with van der Waals surface area (Å²) in [5.41, 5.74) is 0. The second kappa shape index (κ2) is 3.96. The first-order valence-corrected chi connectivity index (χ1v) is 1.39. The monoisotopic (exact) mass is 67.1 g/mol. The van der Waals surface area contributed by atoms with Crippen LogP contribution in [0, 0.1) is 0 Å². The predicted octanol–water partition coefficient (Wildman–Crippen LogP) is -0.697. The Labute approximate surface area is 33.5 Å². The standard InChI is InChI=1S/C2H5B2O/c1-3-4-5-2/h1H2,2H3. The van der Waals surface area contributed by atoms with E-state index in [2.05, 4.69) is 11.1 Å². The van der Waals surface area contributed by atoms with Crippen molar-refractivity contribution in [1.82, 2.24) is 0 Å². The molecule has 0 heterocycles. The third-order valence-electron chi connectivity index (χ3n) is 0.232. The molecule has 0 aromatic heterocycles. The molecule has 0 atom stereocenters. The second-order valence-electron chi connectivity index (χ2n) is 0.607. The average molecular weight is 66.7 g/mol. The van der Waals surface area contributed by atoms with Crippen LogP contribution in [0.3, 0.4) is 0 Å². The predicted molar refractivity (Wildman–Crippen MR) is 25.6 cm³/mol. The molecule has 0 spiro atoms. The van der Waals surface area contributed by atoms with Gasteiger partial charge in [-0.1, -0.05) is 0 Å². The summed E-state index contributed by atoms with van der Waals surface area (Å²) in [6, 6.07) is 0. The first-order chi connectivity index (χ1) is 2.41. The number of rotatable bonds is 2. The van der Waals surface area contributed by atoms with E-state index in [9.17, 15) is 0 Å². The fourth-order valence-electron chi connectivity index (χ4n) is 0.0962.